The van der Waals surface area contributed by atoms with Crippen molar-refractivity contribution >= 4 is 11.7 Å². The molecular weight excluding hydrogens is 208 g/mol. The molecule has 0 aliphatic carbocycles. The van der Waals surface area contributed by atoms with Crippen LogP contribution in [0.3, 0.4) is 0 Å². The van der Waals surface area contributed by atoms with Crippen molar-refractivity contribution in [1.29, 1.82) is 0 Å². The minimum atomic E-state index is -0.451. The van der Waals surface area contributed by atoms with E-state index in [1.807, 2.05) is 6.92 Å². The molecular formula is C11H14N2O3. The van der Waals surface area contributed by atoms with Crippen molar-refractivity contribution < 1.29 is 14.3 Å². The van der Waals surface area contributed by atoms with E-state index in [4.69, 9.17) is 9.47 Å². The minimum absolute atomic E-state index is 0.307. The summed E-state index contributed by atoms with van der Waals surface area (Å²) in [7, 11) is 0. The van der Waals surface area contributed by atoms with E-state index in [2.05, 4.69) is 16.8 Å². The molecule has 0 spiro atoms. The molecule has 0 atom stereocenters. The summed E-state index contributed by atoms with van der Waals surface area (Å²) in [6.45, 7) is 8.01. The highest BCUT2D eigenvalue weighted by molar-refractivity contribution is 5.93. The largest absolute Gasteiger partial charge is 0.492 e. The Morgan fingerprint density at radius 3 is 2.69 bits per heavy atom. The van der Waals surface area contributed by atoms with Crippen LogP contribution in [0.25, 0.3) is 5.76 Å². The van der Waals surface area contributed by atoms with E-state index in [0.29, 0.717) is 30.2 Å². The molecule has 0 radical (unpaired) electrons. The lowest BCUT2D eigenvalue weighted by atomic mass is 10.2. The van der Waals surface area contributed by atoms with Crippen LogP contribution in [0.2, 0.25) is 0 Å². The SMILES string of the molecule is C=C(OCC)c1nnccc1C(=O)OCC. The van der Waals surface area contributed by atoms with Gasteiger partial charge in [-0.2, -0.15) is 5.10 Å². The number of rotatable bonds is 5. The molecule has 0 aromatic carbocycles. The van der Waals surface area contributed by atoms with Gasteiger partial charge in [-0.15, -0.1) is 5.10 Å². The summed E-state index contributed by atoms with van der Waals surface area (Å²) in [6, 6.07) is 1.53. The quantitative estimate of drug-likeness (QED) is 0.560. The van der Waals surface area contributed by atoms with Crippen molar-refractivity contribution in [3.05, 3.63) is 30.1 Å². The van der Waals surface area contributed by atoms with Crippen LogP contribution in [-0.2, 0) is 9.47 Å². The third kappa shape index (κ3) is 2.79. The van der Waals surface area contributed by atoms with Crippen molar-refractivity contribution in [1.82, 2.24) is 10.2 Å². The molecule has 0 aliphatic rings. The fourth-order valence-electron chi connectivity index (χ4n) is 1.15. The average Bonchev–Trinajstić information content (AvgIpc) is 2.30. The topological polar surface area (TPSA) is 61.3 Å². The van der Waals surface area contributed by atoms with Gasteiger partial charge >= 0.3 is 5.97 Å². The maximum absolute atomic E-state index is 11.6. The van der Waals surface area contributed by atoms with E-state index in [1.54, 1.807) is 6.92 Å². The molecule has 1 rings (SSSR count). The summed E-state index contributed by atoms with van der Waals surface area (Å²) in [6.07, 6.45) is 1.43. The second kappa shape index (κ2) is 5.85. The number of aromatic nitrogens is 2. The molecule has 0 bridgehead atoms. The Kier molecular flexibility index (Phi) is 4.44. The van der Waals surface area contributed by atoms with E-state index in [1.165, 1.54) is 12.3 Å². The van der Waals surface area contributed by atoms with Crippen LogP contribution < -0.4 is 0 Å². The molecule has 1 aromatic rings. The fourth-order valence-corrected chi connectivity index (χ4v) is 1.15. The standard InChI is InChI=1S/C11H14N2O3/c1-4-15-8(3)10-9(6-7-12-13-10)11(14)16-5-2/h6-7H,3-5H2,1-2H3. The molecule has 0 saturated heterocycles. The minimum Gasteiger partial charge on any atom is -0.492 e. The van der Waals surface area contributed by atoms with Crippen molar-refractivity contribution in [3.8, 4) is 0 Å². The van der Waals surface area contributed by atoms with Gasteiger partial charge in [0.1, 0.15) is 11.5 Å². The van der Waals surface area contributed by atoms with E-state index in [9.17, 15) is 4.79 Å². The van der Waals surface area contributed by atoms with E-state index in [0.717, 1.165) is 0 Å². The molecule has 0 amide bonds. The van der Waals surface area contributed by atoms with Crippen molar-refractivity contribution in [2.75, 3.05) is 13.2 Å². The second-order valence-corrected chi connectivity index (χ2v) is 2.87. The monoisotopic (exact) mass is 222 g/mol. The van der Waals surface area contributed by atoms with Gasteiger partial charge in [-0.1, -0.05) is 6.58 Å². The average molecular weight is 222 g/mol. The highest BCUT2D eigenvalue weighted by Gasteiger charge is 2.16. The number of esters is 1. The van der Waals surface area contributed by atoms with E-state index >= 15 is 0 Å². The molecule has 0 N–H and O–H groups in total. The first-order chi connectivity index (χ1) is 7.70. The molecule has 1 aromatic heterocycles. The highest BCUT2D eigenvalue weighted by Crippen LogP contribution is 2.16. The van der Waals surface area contributed by atoms with Crippen LogP contribution in [0.5, 0.6) is 0 Å². The number of nitrogens with zero attached hydrogens (tertiary/aromatic N) is 2. The Morgan fingerprint density at radius 2 is 2.06 bits per heavy atom. The maximum atomic E-state index is 11.6. The van der Waals surface area contributed by atoms with Gasteiger partial charge in [0, 0.05) is 0 Å². The third-order valence-electron chi connectivity index (χ3n) is 1.80. The van der Waals surface area contributed by atoms with Crippen LogP contribution >= 0.6 is 0 Å². The summed E-state index contributed by atoms with van der Waals surface area (Å²) in [5.74, 6) is -0.132. The first-order valence-electron chi connectivity index (χ1n) is 5.01. The number of hydrogen-bond donors (Lipinski definition) is 0. The molecule has 0 saturated carbocycles. The van der Waals surface area contributed by atoms with Gasteiger partial charge in [0.2, 0.25) is 0 Å². The number of carbonyl (C=O) groups is 1. The van der Waals surface area contributed by atoms with Gasteiger partial charge in [-0.05, 0) is 19.9 Å². The lowest BCUT2D eigenvalue weighted by Crippen LogP contribution is -2.10. The molecule has 0 fully saturated rings. The maximum Gasteiger partial charge on any atom is 0.340 e. The second-order valence-electron chi connectivity index (χ2n) is 2.87. The Hall–Kier alpha value is -1.91. The summed E-state index contributed by atoms with van der Waals surface area (Å²) >= 11 is 0. The van der Waals surface area contributed by atoms with E-state index < -0.39 is 5.97 Å². The molecule has 0 aliphatic heterocycles. The Balaban J connectivity index is 3.00. The Bertz CT molecular complexity index is 354. The molecule has 86 valence electrons. The zero-order valence-corrected chi connectivity index (χ0v) is 9.40. The number of hydrogen-bond acceptors (Lipinski definition) is 5. The van der Waals surface area contributed by atoms with Gasteiger partial charge in [0.05, 0.1) is 25.0 Å². The van der Waals surface area contributed by atoms with Crippen molar-refractivity contribution in [3.63, 3.8) is 0 Å². The van der Waals surface area contributed by atoms with Gasteiger partial charge in [0.15, 0.2) is 0 Å². The molecule has 1 heterocycles. The van der Waals surface area contributed by atoms with Crippen molar-refractivity contribution in [2.24, 2.45) is 0 Å². The van der Waals surface area contributed by atoms with Crippen LogP contribution in [0.1, 0.15) is 29.9 Å². The van der Waals surface area contributed by atoms with Gasteiger partial charge in [0.25, 0.3) is 0 Å². The lowest BCUT2D eigenvalue weighted by molar-refractivity contribution is 0.0524. The first kappa shape index (κ1) is 12.2. The molecule has 5 nitrogen and oxygen atoms in total. The van der Waals surface area contributed by atoms with Crippen LogP contribution in [0.15, 0.2) is 18.8 Å². The third-order valence-corrected chi connectivity index (χ3v) is 1.80. The van der Waals surface area contributed by atoms with Crippen molar-refractivity contribution in [2.45, 2.75) is 13.8 Å². The van der Waals surface area contributed by atoms with Crippen LogP contribution in [-0.4, -0.2) is 29.4 Å². The normalized spacial score (nSPS) is 9.62. The van der Waals surface area contributed by atoms with Gasteiger partial charge in [-0.25, -0.2) is 4.79 Å². The molecule has 5 heteroatoms. The zero-order valence-electron chi connectivity index (χ0n) is 9.40. The number of ether oxygens (including phenoxy) is 2. The number of carbonyl (C=O) groups excluding carboxylic acids is 1. The molecule has 16 heavy (non-hydrogen) atoms. The lowest BCUT2D eigenvalue weighted by Gasteiger charge is -2.09. The predicted molar refractivity (Wildman–Crippen MR) is 58.6 cm³/mol. The molecule has 0 unspecified atom stereocenters. The van der Waals surface area contributed by atoms with Crippen LogP contribution in [0, 0.1) is 0 Å². The van der Waals surface area contributed by atoms with Crippen LogP contribution in [0.4, 0.5) is 0 Å². The summed E-state index contributed by atoms with van der Waals surface area (Å²) in [5, 5.41) is 7.52. The highest BCUT2D eigenvalue weighted by atomic mass is 16.5. The summed E-state index contributed by atoms with van der Waals surface area (Å²) in [5.41, 5.74) is 0.637. The zero-order chi connectivity index (χ0) is 12.0. The summed E-state index contributed by atoms with van der Waals surface area (Å²) < 4.78 is 10.1. The fraction of sp³-hybridized carbons (Fsp3) is 0.364. The smallest absolute Gasteiger partial charge is 0.340 e. The Morgan fingerprint density at radius 1 is 1.38 bits per heavy atom. The van der Waals surface area contributed by atoms with Gasteiger partial charge in [-0.3, -0.25) is 0 Å². The van der Waals surface area contributed by atoms with E-state index in [-0.39, 0.29) is 0 Å². The van der Waals surface area contributed by atoms with Gasteiger partial charge < -0.3 is 9.47 Å². The Labute approximate surface area is 94.1 Å². The predicted octanol–water partition coefficient (Wildman–Crippen LogP) is 1.66. The summed E-state index contributed by atoms with van der Waals surface area (Å²) in [4.78, 5) is 11.6. The first-order valence-corrected chi connectivity index (χ1v) is 5.01.